The van der Waals surface area contributed by atoms with Crippen LogP contribution in [-0.2, 0) is 4.74 Å². The van der Waals surface area contributed by atoms with Gasteiger partial charge in [-0.2, -0.15) is 4.98 Å². The van der Waals surface area contributed by atoms with E-state index in [0.29, 0.717) is 11.8 Å². The average Bonchev–Trinajstić information content (AvgIpc) is 2.74. The van der Waals surface area contributed by atoms with E-state index in [2.05, 4.69) is 15.3 Å². The minimum absolute atomic E-state index is 0.0551. The lowest BCUT2D eigenvalue weighted by Gasteiger charge is -2.31. The average molecular weight is 275 g/mol. The van der Waals surface area contributed by atoms with Crippen LogP contribution in [0.15, 0.2) is 0 Å². The zero-order chi connectivity index (χ0) is 11.8. The number of aromatic nitrogens is 2. The van der Waals surface area contributed by atoms with E-state index in [0.717, 1.165) is 31.0 Å². The number of rotatable bonds is 1. The quantitative estimate of drug-likeness (QED) is 0.630. The summed E-state index contributed by atoms with van der Waals surface area (Å²) in [6.45, 7) is 1.43. The Labute approximate surface area is 109 Å². The Kier molecular flexibility index (Phi) is 2.98. The second-order valence-electron chi connectivity index (χ2n) is 4.11. The molecule has 7 heteroatoms. The first-order chi connectivity index (χ1) is 8.25. The number of nitrogens with zero attached hydrogens (tertiary/aromatic N) is 3. The number of nitrogens with one attached hydrogen (secondary N) is 1. The topological polar surface area (TPSA) is 50.3 Å². The maximum Gasteiger partial charge on any atom is 0.225 e. The summed E-state index contributed by atoms with van der Waals surface area (Å²) >= 11 is 11.8. The van der Waals surface area contributed by atoms with Gasteiger partial charge in [-0.05, 0) is 30.9 Å². The van der Waals surface area contributed by atoms with E-state index in [1.165, 1.54) is 6.42 Å². The Hall–Kier alpha value is -0.780. The monoisotopic (exact) mass is 274 g/mol. The third kappa shape index (κ3) is 2.03. The van der Waals surface area contributed by atoms with E-state index in [1.54, 1.807) is 0 Å². The van der Waals surface area contributed by atoms with Crippen LogP contribution < -0.4 is 10.2 Å². The van der Waals surface area contributed by atoms with Crippen LogP contribution in [0.3, 0.4) is 0 Å². The number of fused-ring (bicyclic) bond motifs is 1. The molecule has 1 aromatic rings. The van der Waals surface area contributed by atoms with Crippen molar-refractivity contribution in [3.63, 3.8) is 0 Å². The van der Waals surface area contributed by atoms with E-state index >= 15 is 0 Å². The zero-order valence-corrected chi connectivity index (χ0v) is 10.6. The molecule has 17 heavy (non-hydrogen) atoms. The highest BCUT2D eigenvalue weighted by molar-refractivity contribution is 6.34. The molecule has 0 radical (unpaired) electrons. The molecule has 0 saturated carbocycles. The molecule has 2 aliphatic rings. The Balaban J connectivity index is 1.92. The Bertz CT molecular complexity index is 437. The van der Waals surface area contributed by atoms with Crippen molar-refractivity contribution in [2.75, 3.05) is 23.5 Å². The summed E-state index contributed by atoms with van der Waals surface area (Å²) in [5.74, 6) is 0.738. The largest absolute Gasteiger partial charge is 0.362 e. The molecule has 3 heterocycles. The summed E-state index contributed by atoms with van der Waals surface area (Å²) in [5.41, 5.74) is 0.741. The standard InChI is InChI=1S/C10H12Cl2N4O/c11-8-7-9(15-10(12)14-8)16(5-13-7)6-3-1-2-4-17-6/h6,13H,1-5H2. The van der Waals surface area contributed by atoms with Gasteiger partial charge in [0.15, 0.2) is 11.0 Å². The van der Waals surface area contributed by atoms with Crippen LogP contribution in [0.5, 0.6) is 0 Å². The fourth-order valence-corrected chi connectivity index (χ4v) is 2.64. The van der Waals surface area contributed by atoms with Gasteiger partial charge < -0.3 is 15.0 Å². The van der Waals surface area contributed by atoms with Gasteiger partial charge in [-0.1, -0.05) is 11.6 Å². The number of ether oxygens (including phenoxy) is 1. The van der Waals surface area contributed by atoms with Crippen molar-refractivity contribution in [3.8, 4) is 0 Å². The van der Waals surface area contributed by atoms with Crippen LogP contribution in [0.2, 0.25) is 10.4 Å². The minimum atomic E-state index is 0.0551. The van der Waals surface area contributed by atoms with Gasteiger partial charge in [0.25, 0.3) is 0 Å². The highest BCUT2D eigenvalue weighted by Crippen LogP contribution is 2.37. The van der Waals surface area contributed by atoms with E-state index in [-0.39, 0.29) is 11.5 Å². The fourth-order valence-electron chi connectivity index (χ4n) is 2.20. The van der Waals surface area contributed by atoms with Crippen molar-refractivity contribution in [2.24, 2.45) is 0 Å². The third-order valence-corrected chi connectivity index (χ3v) is 3.46. The second-order valence-corrected chi connectivity index (χ2v) is 4.80. The lowest BCUT2D eigenvalue weighted by atomic mass is 10.2. The first-order valence-electron chi connectivity index (χ1n) is 5.61. The van der Waals surface area contributed by atoms with Crippen molar-refractivity contribution in [2.45, 2.75) is 25.5 Å². The van der Waals surface area contributed by atoms with Gasteiger partial charge in [-0.3, -0.25) is 0 Å². The van der Waals surface area contributed by atoms with E-state index in [9.17, 15) is 0 Å². The van der Waals surface area contributed by atoms with E-state index in [1.807, 2.05) is 4.90 Å². The molecule has 1 saturated heterocycles. The molecule has 1 unspecified atom stereocenters. The lowest BCUT2D eigenvalue weighted by molar-refractivity contribution is 0.0155. The first-order valence-corrected chi connectivity index (χ1v) is 6.36. The number of anilines is 2. The van der Waals surface area contributed by atoms with Crippen molar-refractivity contribution in [1.29, 1.82) is 0 Å². The molecule has 1 N–H and O–H groups in total. The summed E-state index contributed by atoms with van der Waals surface area (Å²) in [6.07, 6.45) is 3.35. The molecule has 0 aliphatic carbocycles. The molecule has 5 nitrogen and oxygen atoms in total. The van der Waals surface area contributed by atoms with Crippen molar-refractivity contribution < 1.29 is 4.74 Å². The maximum absolute atomic E-state index is 6.01. The molecule has 3 rings (SSSR count). The zero-order valence-electron chi connectivity index (χ0n) is 9.12. The van der Waals surface area contributed by atoms with Gasteiger partial charge in [0.05, 0.1) is 6.67 Å². The molecule has 0 spiro atoms. The van der Waals surface area contributed by atoms with Gasteiger partial charge in [-0.15, -0.1) is 0 Å². The predicted octanol–water partition coefficient (Wildman–Crippen LogP) is 2.50. The van der Waals surface area contributed by atoms with Crippen LogP contribution in [0, 0.1) is 0 Å². The minimum Gasteiger partial charge on any atom is -0.362 e. The highest BCUT2D eigenvalue weighted by atomic mass is 35.5. The van der Waals surface area contributed by atoms with Crippen molar-refractivity contribution >= 4 is 34.7 Å². The lowest BCUT2D eigenvalue weighted by Crippen LogP contribution is -2.39. The SMILES string of the molecule is Clc1nc(Cl)c2c(n1)N(C1CCCCO1)CN2. The van der Waals surface area contributed by atoms with Gasteiger partial charge in [0, 0.05) is 6.61 Å². The number of hydrogen-bond donors (Lipinski definition) is 1. The molecule has 0 bridgehead atoms. The fraction of sp³-hybridized carbons (Fsp3) is 0.600. The molecular weight excluding hydrogens is 263 g/mol. The van der Waals surface area contributed by atoms with E-state index in [4.69, 9.17) is 27.9 Å². The van der Waals surface area contributed by atoms with Gasteiger partial charge in [0.2, 0.25) is 5.28 Å². The summed E-state index contributed by atoms with van der Waals surface area (Å²) in [7, 11) is 0. The van der Waals surface area contributed by atoms with Crippen molar-refractivity contribution in [3.05, 3.63) is 10.4 Å². The highest BCUT2D eigenvalue weighted by Gasteiger charge is 2.31. The molecule has 1 fully saturated rings. The third-order valence-electron chi connectivity index (χ3n) is 3.02. The van der Waals surface area contributed by atoms with Gasteiger partial charge >= 0.3 is 0 Å². The molecule has 92 valence electrons. The molecular formula is C10H12Cl2N4O. The molecule has 1 aromatic heterocycles. The van der Waals surface area contributed by atoms with E-state index < -0.39 is 0 Å². The predicted molar refractivity (Wildman–Crippen MR) is 66.6 cm³/mol. The van der Waals surface area contributed by atoms with Crippen LogP contribution >= 0.6 is 23.2 Å². The van der Waals surface area contributed by atoms with Gasteiger partial charge in [-0.25, -0.2) is 4.98 Å². The van der Waals surface area contributed by atoms with Crippen LogP contribution in [0.4, 0.5) is 11.5 Å². The number of halogens is 2. The molecule has 0 amide bonds. The molecule has 1 atom stereocenters. The number of hydrogen-bond acceptors (Lipinski definition) is 5. The maximum atomic E-state index is 6.01. The summed E-state index contributed by atoms with van der Waals surface area (Å²) < 4.78 is 5.74. The van der Waals surface area contributed by atoms with Crippen LogP contribution in [0.1, 0.15) is 19.3 Å². The van der Waals surface area contributed by atoms with Crippen LogP contribution in [-0.4, -0.2) is 29.5 Å². The first kappa shape index (κ1) is 11.3. The molecule has 2 aliphatic heterocycles. The molecule has 0 aromatic carbocycles. The Morgan fingerprint density at radius 1 is 1.29 bits per heavy atom. The Morgan fingerprint density at radius 3 is 2.94 bits per heavy atom. The van der Waals surface area contributed by atoms with Crippen molar-refractivity contribution in [1.82, 2.24) is 9.97 Å². The summed E-state index contributed by atoms with van der Waals surface area (Å²) in [4.78, 5) is 10.2. The summed E-state index contributed by atoms with van der Waals surface area (Å²) in [6, 6.07) is 0. The normalized spacial score (nSPS) is 23.4. The summed E-state index contributed by atoms with van der Waals surface area (Å²) in [5, 5.41) is 3.70. The van der Waals surface area contributed by atoms with Crippen LogP contribution in [0.25, 0.3) is 0 Å². The second kappa shape index (κ2) is 4.48. The van der Waals surface area contributed by atoms with Gasteiger partial charge in [0.1, 0.15) is 11.9 Å². The smallest absolute Gasteiger partial charge is 0.225 e. The Morgan fingerprint density at radius 2 is 2.18 bits per heavy atom.